The number of halogens is 3. The second kappa shape index (κ2) is 7.15. The lowest BCUT2D eigenvalue weighted by Crippen LogP contribution is -2.08. The number of ether oxygens (including phenoxy) is 2. The smallest absolute Gasteiger partial charge is 0.433 e. The third kappa shape index (κ3) is 3.59. The van der Waals surface area contributed by atoms with Crippen LogP contribution in [0.4, 0.5) is 13.2 Å². The first kappa shape index (κ1) is 19.1. The van der Waals surface area contributed by atoms with Crippen molar-refractivity contribution in [1.82, 2.24) is 9.97 Å². The third-order valence-corrected chi connectivity index (χ3v) is 4.99. The van der Waals surface area contributed by atoms with Crippen molar-refractivity contribution >= 4 is 28.2 Å². The fourth-order valence-electron chi connectivity index (χ4n) is 2.60. The molecule has 0 amide bonds. The fraction of sp³-hybridized carbons (Fsp3) is 0.278. The molecule has 5 nitrogen and oxygen atoms in total. The van der Waals surface area contributed by atoms with Gasteiger partial charge in [-0.1, -0.05) is 0 Å². The highest BCUT2D eigenvalue weighted by Crippen LogP contribution is 2.38. The predicted octanol–water partition coefficient (Wildman–Crippen LogP) is 4.87. The van der Waals surface area contributed by atoms with Gasteiger partial charge in [-0.2, -0.15) is 13.2 Å². The third-order valence-electron chi connectivity index (χ3n) is 3.82. The Morgan fingerprint density at radius 2 is 1.93 bits per heavy atom. The number of rotatable bonds is 4. The van der Waals surface area contributed by atoms with Crippen LogP contribution in [0.5, 0.6) is 5.75 Å². The average molecular weight is 396 g/mol. The number of fused-ring (bicyclic) bond motifs is 1. The Hall–Kier alpha value is -2.68. The van der Waals surface area contributed by atoms with Gasteiger partial charge in [0.25, 0.3) is 0 Å². The number of benzene rings is 1. The number of aromatic nitrogens is 2. The van der Waals surface area contributed by atoms with E-state index in [1.165, 1.54) is 19.2 Å². The SMILES string of the molecule is CCOC(=O)c1sc(-c2ccc(OC)c3nc(C(F)(F)F)ccc23)nc1C. The monoisotopic (exact) mass is 396 g/mol. The van der Waals surface area contributed by atoms with Crippen LogP contribution in [0.1, 0.15) is 28.0 Å². The van der Waals surface area contributed by atoms with E-state index in [1.54, 1.807) is 19.9 Å². The van der Waals surface area contributed by atoms with Crippen LogP contribution < -0.4 is 4.74 Å². The van der Waals surface area contributed by atoms with Crippen molar-refractivity contribution in [1.29, 1.82) is 0 Å². The molecule has 0 atom stereocenters. The molecule has 1 aromatic carbocycles. The Bertz CT molecular complexity index is 1010. The van der Waals surface area contributed by atoms with Gasteiger partial charge in [-0.05, 0) is 38.1 Å². The summed E-state index contributed by atoms with van der Waals surface area (Å²) >= 11 is 1.12. The lowest BCUT2D eigenvalue weighted by Gasteiger charge is -2.11. The lowest BCUT2D eigenvalue weighted by molar-refractivity contribution is -0.140. The Kier molecular flexibility index (Phi) is 5.05. The molecule has 27 heavy (non-hydrogen) atoms. The largest absolute Gasteiger partial charge is 0.494 e. The minimum Gasteiger partial charge on any atom is -0.494 e. The summed E-state index contributed by atoms with van der Waals surface area (Å²) < 4.78 is 49.3. The van der Waals surface area contributed by atoms with Gasteiger partial charge in [0.15, 0.2) is 0 Å². The first-order chi connectivity index (χ1) is 12.8. The van der Waals surface area contributed by atoms with E-state index in [4.69, 9.17) is 9.47 Å². The van der Waals surface area contributed by atoms with Crippen molar-refractivity contribution in [2.75, 3.05) is 13.7 Å². The van der Waals surface area contributed by atoms with Crippen LogP contribution in [0.2, 0.25) is 0 Å². The van der Waals surface area contributed by atoms with E-state index in [0.717, 1.165) is 17.4 Å². The number of esters is 1. The van der Waals surface area contributed by atoms with Gasteiger partial charge in [0.05, 0.1) is 19.4 Å². The maximum Gasteiger partial charge on any atom is 0.433 e. The molecule has 0 aliphatic heterocycles. The summed E-state index contributed by atoms with van der Waals surface area (Å²) in [6.07, 6.45) is -4.57. The number of hydrogen-bond acceptors (Lipinski definition) is 6. The zero-order valence-corrected chi connectivity index (χ0v) is 15.5. The molecular weight excluding hydrogens is 381 g/mol. The van der Waals surface area contributed by atoms with Crippen molar-refractivity contribution in [2.45, 2.75) is 20.0 Å². The summed E-state index contributed by atoms with van der Waals surface area (Å²) in [7, 11) is 1.36. The van der Waals surface area contributed by atoms with Crippen LogP contribution in [0, 0.1) is 6.92 Å². The van der Waals surface area contributed by atoms with Crippen molar-refractivity contribution in [3.8, 4) is 16.3 Å². The molecule has 0 radical (unpaired) electrons. The maximum atomic E-state index is 13.0. The van der Waals surface area contributed by atoms with Gasteiger partial charge >= 0.3 is 12.1 Å². The molecule has 142 valence electrons. The topological polar surface area (TPSA) is 61.3 Å². The first-order valence-corrected chi connectivity index (χ1v) is 8.77. The number of methoxy groups -OCH3 is 1. The number of nitrogens with zero attached hydrogens (tertiary/aromatic N) is 2. The second-order valence-electron chi connectivity index (χ2n) is 5.56. The molecule has 0 unspecified atom stereocenters. The molecule has 0 saturated carbocycles. The molecule has 3 aromatic rings. The van der Waals surface area contributed by atoms with Crippen LogP contribution >= 0.6 is 11.3 Å². The van der Waals surface area contributed by atoms with Gasteiger partial charge in [-0.15, -0.1) is 11.3 Å². The summed E-state index contributed by atoms with van der Waals surface area (Å²) in [4.78, 5) is 20.5. The van der Waals surface area contributed by atoms with Crippen molar-refractivity contribution in [3.05, 3.63) is 40.5 Å². The highest BCUT2D eigenvalue weighted by molar-refractivity contribution is 7.17. The van der Waals surface area contributed by atoms with E-state index in [2.05, 4.69) is 9.97 Å². The van der Waals surface area contributed by atoms with E-state index < -0.39 is 17.8 Å². The fourth-order valence-corrected chi connectivity index (χ4v) is 3.60. The number of alkyl halides is 3. The Morgan fingerprint density at radius 1 is 1.19 bits per heavy atom. The Balaban J connectivity index is 2.19. The van der Waals surface area contributed by atoms with Gasteiger partial charge in [0, 0.05) is 10.9 Å². The Labute approximate surface area is 156 Å². The second-order valence-corrected chi connectivity index (χ2v) is 6.56. The molecule has 0 aliphatic rings. The minimum absolute atomic E-state index is 0.0790. The van der Waals surface area contributed by atoms with E-state index in [1.807, 2.05) is 0 Å². The van der Waals surface area contributed by atoms with Crippen molar-refractivity contribution in [3.63, 3.8) is 0 Å². The predicted molar refractivity (Wildman–Crippen MR) is 95.1 cm³/mol. The first-order valence-electron chi connectivity index (χ1n) is 7.96. The molecule has 0 fully saturated rings. The van der Waals surface area contributed by atoms with E-state index >= 15 is 0 Å². The molecule has 0 bridgehead atoms. The summed E-state index contributed by atoms with van der Waals surface area (Å²) in [5.41, 5.74) is 0.135. The van der Waals surface area contributed by atoms with E-state index in [0.29, 0.717) is 26.5 Å². The van der Waals surface area contributed by atoms with Gasteiger partial charge in [0.1, 0.15) is 26.8 Å². The number of pyridine rings is 1. The molecule has 0 aliphatic carbocycles. The minimum atomic E-state index is -4.57. The summed E-state index contributed by atoms with van der Waals surface area (Å²) in [5, 5.41) is 0.941. The van der Waals surface area contributed by atoms with Gasteiger partial charge in [-0.3, -0.25) is 0 Å². The molecule has 2 aromatic heterocycles. The van der Waals surface area contributed by atoms with Gasteiger partial charge < -0.3 is 9.47 Å². The summed E-state index contributed by atoms with van der Waals surface area (Å²) in [6, 6.07) is 5.47. The molecular formula is C18H15F3N2O3S. The van der Waals surface area contributed by atoms with Crippen molar-refractivity contribution < 1.29 is 27.4 Å². The van der Waals surface area contributed by atoms with E-state index in [-0.39, 0.29) is 17.9 Å². The Morgan fingerprint density at radius 3 is 2.56 bits per heavy atom. The summed E-state index contributed by atoms with van der Waals surface area (Å²) in [6.45, 7) is 3.62. The molecule has 3 rings (SSSR count). The van der Waals surface area contributed by atoms with Gasteiger partial charge in [-0.25, -0.2) is 14.8 Å². The average Bonchev–Trinajstić information content (AvgIpc) is 3.01. The van der Waals surface area contributed by atoms with Crippen LogP contribution in [-0.2, 0) is 10.9 Å². The highest BCUT2D eigenvalue weighted by Gasteiger charge is 2.33. The summed E-state index contributed by atoms with van der Waals surface area (Å²) in [5.74, 6) is -0.257. The number of aryl methyl sites for hydroxylation is 1. The highest BCUT2D eigenvalue weighted by atomic mass is 32.1. The molecule has 0 spiro atoms. The number of carbonyl (C=O) groups is 1. The van der Waals surface area contributed by atoms with Crippen LogP contribution in [0.3, 0.4) is 0 Å². The van der Waals surface area contributed by atoms with Crippen molar-refractivity contribution in [2.24, 2.45) is 0 Å². The lowest BCUT2D eigenvalue weighted by atomic mass is 10.1. The zero-order valence-electron chi connectivity index (χ0n) is 14.7. The zero-order chi connectivity index (χ0) is 19.8. The quantitative estimate of drug-likeness (QED) is 0.589. The normalized spacial score (nSPS) is 11.6. The molecule has 2 heterocycles. The number of carbonyl (C=O) groups excluding carboxylic acids is 1. The molecule has 0 saturated heterocycles. The van der Waals surface area contributed by atoms with Crippen LogP contribution in [-0.4, -0.2) is 29.7 Å². The maximum absolute atomic E-state index is 13.0. The van der Waals surface area contributed by atoms with E-state index in [9.17, 15) is 18.0 Å². The standard InChI is InChI=1S/C18H15F3N2O3S/c1-4-26-17(24)15-9(2)22-16(27-15)11-5-7-12(25-3)14-10(11)6-8-13(23-14)18(19,20)21/h5-8H,4H2,1-3H3. The van der Waals surface area contributed by atoms with Crippen LogP contribution in [0.15, 0.2) is 24.3 Å². The number of hydrogen-bond donors (Lipinski definition) is 0. The molecule has 0 N–H and O–H groups in total. The number of thiazole rings is 1. The molecule has 9 heteroatoms. The van der Waals surface area contributed by atoms with Gasteiger partial charge in [0.2, 0.25) is 0 Å². The van der Waals surface area contributed by atoms with Crippen LogP contribution in [0.25, 0.3) is 21.5 Å².